The van der Waals surface area contributed by atoms with Gasteiger partial charge in [0, 0.05) is 35.8 Å². The number of carbonyl (C=O) groups excluding carboxylic acids is 1. The lowest BCUT2D eigenvalue weighted by atomic mass is 10.1. The normalized spacial score (nSPS) is 15.4. The number of aryl methyl sites for hydroxylation is 2. The number of amides is 1. The Hall–Kier alpha value is -2.15. The smallest absolute Gasteiger partial charge is 0.261 e. The van der Waals surface area contributed by atoms with Crippen molar-refractivity contribution in [2.75, 3.05) is 13.1 Å². The molecule has 1 aromatic carbocycles. The Bertz CT molecular complexity index is 876. The van der Waals surface area contributed by atoms with E-state index in [4.69, 9.17) is 23.1 Å². The van der Waals surface area contributed by atoms with E-state index in [0.717, 1.165) is 36.1 Å². The van der Waals surface area contributed by atoms with Crippen LogP contribution in [-0.2, 0) is 12.8 Å². The van der Waals surface area contributed by atoms with Crippen molar-refractivity contribution in [1.82, 2.24) is 5.32 Å². The van der Waals surface area contributed by atoms with E-state index in [9.17, 15) is 4.79 Å². The van der Waals surface area contributed by atoms with Crippen LogP contribution in [0.5, 0.6) is 0 Å². The van der Waals surface area contributed by atoms with Crippen molar-refractivity contribution in [2.45, 2.75) is 31.7 Å². The van der Waals surface area contributed by atoms with E-state index in [2.05, 4.69) is 22.4 Å². The molecule has 2 heterocycles. The average Bonchev–Trinajstić information content (AvgIpc) is 3.05. The molecule has 0 saturated heterocycles. The molecule has 28 heavy (non-hydrogen) atoms. The average molecular weight is 417 g/mol. The Kier molecular flexibility index (Phi) is 7.25. The van der Waals surface area contributed by atoms with Crippen LogP contribution in [-0.4, -0.2) is 30.8 Å². The molecule has 1 unspecified atom stereocenters. The second kappa shape index (κ2) is 9.87. The molecule has 0 bridgehead atoms. The fourth-order valence-corrected chi connectivity index (χ4v) is 4.48. The van der Waals surface area contributed by atoms with Crippen molar-refractivity contribution in [2.24, 2.45) is 16.5 Å². The van der Waals surface area contributed by atoms with Crippen molar-refractivity contribution in [1.29, 1.82) is 0 Å². The minimum absolute atomic E-state index is 0.0738. The highest BCUT2D eigenvalue weighted by Crippen LogP contribution is 2.29. The minimum atomic E-state index is -0.103. The van der Waals surface area contributed by atoms with Crippen molar-refractivity contribution in [3.8, 4) is 0 Å². The summed E-state index contributed by atoms with van der Waals surface area (Å²) >= 11 is 7.73. The number of allylic oxidation sites excluding steroid dienone is 1. The van der Waals surface area contributed by atoms with E-state index in [1.165, 1.54) is 23.1 Å². The topological polar surface area (TPSA) is 93.5 Å². The highest BCUT2D eigenvalue weighted by Gasteiger charge is 2.22. The van der Waals surface area contributed by atoms with Crippen molar-refractivity contribution < 1.29 is 4.79 Å². The first-order chi connectivity index (χ1) is 13.6. The Labute approximate surface area is 174 Å². The Balaban J connectivity index is 1.70. The molecule has 0 saturated carbocycles. The van der Waals surface area contributed by atoms with Crippen molar-refractivity contribution in [3.63, 3.8) is 0 Å². The van der Waals surface area contributed by atoms with E-state index in [-0.39, 0.29) is 11.9 Å². The molecule has 1 aromatic heterocycles. The number of aliphatic imine (C=N–C) groups is 1. The van der Waals surface area contributed by atoms with Crippen LogP contribution in [0, 0.1) is 0 Å². The molecule has 1 atom stereocenters. The van der Waals surface area contributed by atoms with Crippen molar-refractivity contribution in [3.05, 3.63) is 68.5 Å². The molecular weight excluding hydrogens is 392 g/mol. The molecule has 148 valence electrons. The van der Waals surface area contributed by atoms with Gasteiger partial charge in [-0.05, 0) is 37.3 Å². The number of fused-ring (bicyclic) bond motifs is 1. The summed E-state index contributed by atoms with van der Waals surface area (Å²) in [6, 6.07) is 12.0. The van der Waals surface area contributed by atoms with E-state index in [0.29, 0.717) is 28.7 Å². The Morgan fingerprint density at radius 1 is 1.36 bits per heavy atom. The largest absolute Gasteiger partial charge is 0.403 e. The van der Waals surface area contributed by atoms with Gasteiger partial charge < -0.3 is 16.8 Å². The van der Waals surface area contributed by atoms with E-state index in [1.54, 1.807) is 0 Å². The lowest BCUT2D eigenvalue weighted by molar-refractivity contribution is 0.0940. The second-order valence-electron chi connectivity index (χ2n) is 6.73. The minimum Gasteiger partial charge on any atom is -0.403 e. The van der Waals surface area contributed by atoms with E-state index in [1.807, 2.05) is 24.3 Å². The fraction of sp³-hybridized carbons (Fsp3) is 0.333. The number of carbonyl (C=O) groups is 1. The van der Waals surface area contributed by atoms with E-state index < -0.39 is 0 Å². The summed E-state index contributed by atoms with van der Waals surface area (Å²) in [7, 11) is 0. The molecule has 1 aliphatic heterocycles. The number of nitrogens with one attached hydrogen (secondary N) is 1. The number of hydrogen-bond donors (Lipinski definition) is 3. The monoisotopic (exact) mass is 416 g/mol. The third kappa shape index (κ3) is 5.01. The number of benzene rings is 1. The van der Waals surface area contributed by atoms with Gasteiger partial charge in [-0.3, -0.25) is 9.79 Å². The standard InChI is InChI=1S/C21H25ClN4OS/c22-17(13-24)20-16-11-19(28-18(16)7-4-10-25-20)21(27)26-15(12-23)9-8-14-5-2-1-3-6-14/h1-3,5-6,11,13,15H,4,7-10,12,23-24H2,(H,26,27). The summed E-state index contributed by atoms with van der Waals surface area (Å²) in [5, 5.41) is 3.48. The highest BCUT2D eigenvalue weighted by atomic mass is 35.5. The lowest BCUT2D eigenvalue weighted by Gasteiger charge is -2.16. The van der Waals surface area contributed by atoms with Crippen LogP contribution >= 0.6 is 22.9 Å². The van der Waals surface area contributed by atoms with Crippen molar-refractivity contribution >= 4 is 34.6 Å². The summed E-state index contributed by atoms with van der Waals surface area (Å²) in [6.07, 6.45) is 4.82. The first-order valence-corrected chi connectivity index (χ1v) is 10.6. The van der Waals surface area contributed by atoms with Gasteiger partial charge in [0.2, 0.25) is 0 Å². The summed E-state index contributed by atoms with van der Waals surface area (Å²) in [4.78, 5) is 19.1. The fourth-order valence-electron chi connectivity index (χ4n) is 3.22. The highest BCUT2D eigenvalue weighted by molar-refractivity contribution is 7.14. The van der Waals surface area contributed by atoms with Gasteiger partial charge in [-0.15, -0.1) is 11.3 Å². The van der Waals surface area contributed by atoms with Crippen LogP contribution in [0.2, 0.25) is 0 Å². The second-order valence-corrected chi connectivity index (χ2v) is 8.27. The Morgan fingerprint density at radius 3 is 2.86 bits per heavy atom. The predicted molar refractivity (Wildman–Crippen MR) is 117 cm³/mol. The molecular formula is C21H25ClN4OS. The number of halogens is 1. The first kappa shape index (κ1) is 20.6. The predicted octanol–water partition coefficient (Wildman–Crippen LogP) is 3.21. The van der Waals surface area contributed by atoms with Gasteiger partial charge in [-0.1, -0.05) is 41.9 Å². The molecule has 1 amide bonds. The molecule has 0 fully saturated rings. The van der Waals surface area contributed by atoms with Gasteiger partial charge >= 0.3 is 0 Å². The number of nitrogens with zero attached hydrogens (tertiary/aromatic N) is 1. The maximum absolute atomic E-state index is 12.8. The van der Waals surface area contributed by atoms with Crippen LogP contribution in [0.4, 0.5) is 0 Å². The number of thiophene rings is 1. The van der Waals surface area contributed by atoms with Crippen LogP contribution in [0.15, 0.2) is 52.6 Å². The van der Waals surface area contributed by atoms with Crippen LogP contribution in [0.1, 0.15) is 38.5 Å². The van der Waals surface area contributed by atoms with Crippen LogP contribution in [0.3, 0.4) is 0 Å². The van der Waals surface area contributed by atoms with Crippen LogP contribution < -0.4 is 16.8 Å². The first-order valence-electron chi connectivity index (χ1n) is 9.42. The number of rotatable bonds is 7. The Morgan fingerprint density at radius 2 is 2.14 bits per heavy atom. The summed E-state index contributed by atoms with van der Waals surface area (Å²) in [6.45, 7) is 1.11. The van der Waals surface area contributed by atoms with Crippen LogP contribution in [0.25, 0.3) is 0 Å². The maximum atomic E-state index is 12.8. The SMILES string of the molecule is NC=C(Cl)C1=NCCCc2sc(C(=O)NC(CN)CCc3ccccc3)cc21. The third-order valence-electron chi connectivity index (χ3n) is 4.74. The van der Waals surface area contributed by atoms with Gasteiger partial charge in [-0.2, -0.15) is 0 Å². The zero-order valence-corrected chi connectivity index (χ0v) is 17.2. The maximum Gasteiger partial charge on any atom is 0.261 e. The summed E-state index contributed by atoms with van der Waals surface area (Å²) in [5.41, 5.74) is 14.3. The molecule has 0 radical (unpaired) electrons. The van der Waals surface area contributed by atoms with Gasteiger partial charge in [-0.25, -0.2) is 0 Å². The molecule has 0 aliphatic carbocycles. The number of hydrogen-bond acceptors (Lipinski definition) is 5. The molecule has 3 rings (SSSR count). The lowest BCUT2D eigenvalue weighted by Crippen LogP contribution is -2.40. The zero-order valence-electron chi connectivity index (χ0n) is 15.7. The third-order valence-corrected chi connectivity index (χ3v) is 6.23. The molecule has 7 heteroatoms. The summed E-state index contributed by atoms with van der Waals surface area (Å²) < 4.78 is 0. The van der Waals surface area contributed by atoms with Gasteiger partial charge in [0.25, 0.3) is 5.91 Å². The van der Waals surface area contributed by atoms with Gasteiger partial charge in [0.1, 0.15) is 0 Å². The summed E-state index contributed by atoms with van der Waals surface area (Å²) in [5.74, 6) is -0.103. The number of nitrogens with two attached hydrogens (primary N) is 2. The quantitative estimate of drug-likeness (QED) is 0.646. The molecule has 0 spiro atoms. The van der Waals surface area contributed by atoms with E-state index >= 15 is 0 Å². The molecule has 5 N–H and O–H groups in total. The van der Waals surface area contributed by atoms with Gasteiger partial charge in [0.15, 0.2) is 0 Å². The molecule has 1 aliphatic rings. The zero-order chi connectivity index (χ0) is 19.9. The molecule has 2 aromatic rings. The molecule has 5 nitrogen and oxygen atoms in total. The van der Waals surface area contributed by atoms with Gasteiger partial charge in [0.05, 0.1) is 15.6 Å².